The van der Waals surface area contributed by atoms with Crippen molar-refractivity contribution in [1.29, 1.82) is 0 Å². The molecule has 0 fully saturated rings. The Morgan fingerprint density at radius 3 is 2.50 bits per heavy atom. The maximum atomic E-state index is 13.8. The van der Waals surface area contributed by atoms with Gasteiger partial charge in [0.05, 0.1) is 32.5 Å². The normalized spacial score (nSPS) is 12.9. The SMILES string of the molecule is CO/C=C(/C(=O)[O-])c1ccccc1COc1nn(CC(COC)OC(C)=O)c(Br)c1C(F)(F)F. The van der Waals surface area contributed by atoms with E-state index in [-0.39, 0.29) is 29.9 Å². The Kier molecular flexibility index (Phi) is 9.50. The lowest BCUT2D eigenvalue weighted by molar-refractivity contribution is -0.295. The number of carboxylic acid groups (broad SMARTS) is 1. The Hall–Kier alpha value is -3.06. The van der Waals surface area contributed by atoms with Crippen LogP contribution in [0.4, 0.5) is 13.2 Å². The van der Waals surface area contributed by atoms with E-state index >= 15 is 0 Å². The molecule has 34 heavy (non-hydrogen) atoms. The molecule has 1 aromatic carbocycles. The van der Waals surface area contributed by atoms with Crippen molar-refractivity contribution < 1.29 is 46.8 Å². The van der Waals surface area contributed by atoms with Crippen LogP contribution in [0.3, 0.4) is 0 Å². The molecule has 0 saturated carbocycles. The van der Waals surface area contributed by atoms with Crippen molar-refractivity contribution in [2.75, 3.05) is 20.8 Å². The molecule has 0 radical (unpaired) electrons. The number of aliphatic carboxylic acids is 1. The van der Waals surface area contributed by atoms with E-state index in [4.69, 9.17) is 18.9 Å². The van der Waals surface area contributed by atoms with Gasteiger partial charge < -0.3 is 28.8 Å². The number of hydrogen-bond acceptors (Lipinski definition) is 8. The molecule has 0 amide bonds. The van der Waals surface area contributed by atoms with E-state index < -0.39 is 46.9 Å². The number of nitrogens with zero attached hydrogens (tertiary/aromatic N) is 2. The lowest BCUT2D eigenvalue weighted by Gasteiger charge is -2.16. The van der Waals surface area contributed by atoms with Gasteiger partial charge >= 0.3 is 12.1 Å². The second-order valence-electron chi connectivity index (χ2n) is 6.84. The second kappa shape index (κ2) is 11.9. The molecule has 0 saturated heterocycles. The van der Waals surface area contributed by atoms with E-state index in [1.807, 2.05) is 0 Å². The number of carbonyl (C=O) groups excluding carboxylic acids is 2. The summed E-state index contributed by atoms with van der Waals surface area (Å²) in [6.07, 6.45) is -4.79. The molecule has 0 bridgehead atoms. The van der Waals surface area contributed by atoms with Crippen molar-refractivity contribution in [2.24, 2.45) is 0 Å². The fraction of sp³-hybridized carbons (Fsp3) is 0.381. The van der Waals surface area contributed by atoms with E-state index in [0.717, 1.165) is 17.9 Å². The Morgan fingerprint density at radius 1 is 1.26 bits per heavy atom. The molecule has 0 aliphatic rings. The van der Waals surface area contributed by atoms with Crippen molar-refractivity contribution in [3.63, 3.8) is 0 Å². The predicted molar refractivity (Wildman–Crippen MR) is 113 cm³/mol. The number of rotatable bonds is 11. The third-order valence-corrected chi connectivity index (χ3v) is 5.14. The third kappa shape index (κ3) is 6.97. The van der Waals surface area contributed by atoms with Gasteiger partial charge in [-0.15, -0.1) is 5.10 Å². The van der Waals surface area contributed by atoms with Gasteiger partial charge in [0.2, 0.25) is 5.88 Å². The first-order chi connectivity index (χ1) is 16.0. The van der Waals surface area contributed by atoms with Gasteiger partial charge in [0.15, 0.2) is 5.56 Å². The van der Waals surface area contributed by atoms with E-state index in [9.17, 15) is 27.9 Å². The van der Waals surface area contributed by atoms with E-state index in [2.05, 4.69) is 21.0 Å². The van der Waals surface area contributed by atoms with Gasteiger partial charge in [-0.3, -0.25) is 9.48 Å². The maximum absolute atomic E-state index is 13.8. The molecule has 0 aliphatic heterocycles. The van der Waals surface area contributed by atoms with E-state index in [0.29, 0.717) is 0 Å². The average molecular weight is 550 g/mol. The van der Waals surface area contributed by atoms with Gasteiger partial charge in [-0.1, -0.05) is 24.3 Å². The molecule has 186 valence electrons. The summed E-state index contributed by atoms with van der Waals surface area (Å²) < 4.78 is 62.0. The van der Waals surface area contributed by atoms with Gasteiger partial charge in [0.25, 0.3) is 0 Å². The number of halogens is 4. The average Bonchev–Trinajstić information content (AvgIpc) is 3.05. The van der Waals surface area contributed by atoms with Crippen molar-refractivity contribution in [1.82, 2.24) is 9.78 Å². The van der Waals surface area contributed by atoms with Gasteiger partial charge in [-0.2, -0.15) is 13.2 Å². The van der Waals surface area contributed by atoms with Gasteiger partial charge in [-0.05, 0) is 27.1 Å². The highest BCUT2D eigenvalue weighted by atomic mass is 79.9. The van der Waals surface area contributed by atoms with Crippen molar-refractivity contribution >= 4 is 33.4 Å². The number of methoxy groups -OCH3 is 2. The minimum absolute atomic E-state index is 0.0748. The first-order valence-electron chi connectivity index (χ1n) is 9.64. The number of aromatic nitrogens is 2. The monoisotopic (exact) mass is 549 g/mol. The van der Waals surface area contributed by atoms with Crippen molar-refractivity contribution in [3.8, 4) is 5.88 Å². The molecular formula is C21H21BrF3N2O7-. The van der Waals surface area contributed by atoms with Crippen LogP contribution in [0.15, 0.2) is 35.1 Å². The highest BCUT2D eigenvalue weighted by molar-refractivity contribution is 9.10. The first kappa shape index (κ1) is 27.2. The fourth-order valence-corrected chi connectivity index (χ4v) is 3.63. The summed E-state index contributed by atoms with van der Waals surface area (Å²) in [5.74, 6) is -2.92. The number of ether oxygens (including phenoxy) is 4. The summed E-state index contributed by atoms with van der Waals surface area (Å²) >= 11 is 2.89. The third-order valence-electron chi connectivity index (χ3n) is 4.33. The van der Waals surface area contributed by atoms with Crippen molar-refractivity contribution in [2.45, 2.75) is 32.4 Å². The second-order valence-corrected chi connectivity index (χ2v) is 7.59. The molecule has 0 N–H and O–H groups in total. The smallest absolute Gasteiger partial charge is 0.424 e. The highest BCUT2D eigenvalue weighted by Gasteiger charge is 2.41. The molecule has 1 heterocycles. The van der Waals surface area contributed by atoms with Crippen LogP contribution in [0.25, 0.3) is 5.57 Å². The Balaban J connectivity index is 2.40. The maximum Gasteiger partial charge on any atom is 0.424 e. The van der Waals surface area contributed by atoms with Crippen LogP contribution in [0.1, 0.15) is 23.6 Å². The quantitative estimate of drug-likeness (QED) is 0.239. The summed E-state index contributed by atoms with van der Waals surface area (Å²) in [6, 6.07) is 6.03. The number of hydrogen-bond donors (Lipinski definition) is 0. The lowest BCUT2D eigenvalue weighted by Crippen LogP contribution is -2.27. The largest absolute Gasteiger partial charge is 0.545 e. The molecule has 2 rings (SSSR count). The molecule has 1 atom stereocenters. The van der Waals surface area contributed by atoms with Crippen LogP contribution in [0.2, 0.25) is 0 Å². The van der Waals surface area contributed by atoms with Crippen molar-refractivity contribution in [3.05, 3.63) is 51.8 Å². The topological polar surface area (TPSA) is 112 Å². The van der Waals surface area contributed by atoms with Crippen LogP contribution in [0.5, 0.6) is 5.88 Å². The van der Waals surface area contributed by atoms with Gasteiger partial charge in [0.1, 0.15) is 17.3 Å². The number of carboxylic acids is 1. The lowest BCUT2D eigenvalue weighted by atomic mass is 10.0. The minimum atomic E-state index is -4.84. The molecule has 1 aromatic heterocycles. The van der Waals surface area contributed by atoms with E-state index in [1.54, 1.807) is 12.1 Å². The Labute approximate surface area is 201 Å². The van der Waals surface area contributed by atoms with Gasteiger partial charge in [-0.25, -0.2) is 0 Å². The summed E-state index contributed by atoms with van der Waals surface area (Å²) in [6.45, 7) is 0.395. The zero-order valence-electron chi connectivity index (χ0n) is 18.3. The molecule has 0 aliphatic carbocycles. The van der Waals surface area contributed by atoms with Crippen LogP contribution >= 0.6 is 15.9 Å². The number of carbonyl (C=O) groups is 2. The zero-order valence-corrected chi connectivity index (χ0v) is 19.9. The Morgan fingerprint density at radius 2 is 1.94 bits per heavy atom. The van der Waals surface area contributed by atoms with E-state index in [1.165, 1.54) is 26.4 Å². The zero-order chi connectivity index (χ0) is 25.5. The summed E-state index contributed by atoms with van der Waals surface area (Å²) in [5, 5.41) is 15.3. The van der Waals surface area contributed by atoms with Crippen LogP contribution in [0, 0.1) is 0 Å². The molecule has 1 unspecified atom stereocenters. The molecule has 2 aromatic rings. The van der Waals surface area contributed by atoms with Crippen LogP contribution < -0.4 is 9.84 Å². The molecule has 13 heteroatoms. The Bertz CT molecular complexity index is 1050. The number of esters is 1. The fourth-order valence-electron chi connectivity index (χ4n) is 3.01. The van der Waals surface area contributed by atoms with Crippen LogP contribution in [-0.4, -0.2) is 48.6 Å². The number of benzene rings is 1. The molecule has 9 nitrogen and oxygen atoms in total. The standard InChI is InChI=1S/C21H22BrF3N2O7/c1-12(28)34-14(10-31-2)8-27-18(22)17(21(23,24)25)19(26-27)33-9-13-6-4-5-7-15(13)16(11-32-3)20(29)30/h4-7,11,14H,8-10H2,1-3H3,(H,29,30)/p-1/b16-11+. The van der Waals surface area contributed by atoms with Crippen LogP contribution in [-0.2, 0) is 43.1 Å². The summed E-state index contributed by atoms with van der Waals surface area (Å²) in [7, 11) is 2.59. The molecular weight excluding hydrogens is 529 g/mol. The van der Waals surface area contributed by atoms with Gasteiger partial charge in [0, 0.05) is 19.6 Å². The predicted octanol–water partition coefficient (Wildman–Crippen LogP) is 2.56. The minimum Gasteiger partial charge on any atom is -0.545 e. The first-order valence-corrected chi connectivity index (χ1v) is 10.4. The highest BCUT2D eigenvalue weighted by Crippen LogP contribution is 2.41. The summed E-state index contributed by atoms with van der Waals surface area (Å²) in [5.41, 5.74) is -1.10. The molecule has 0 spiro atoms. The number of alkyl halides is 3. The summed E-state index contributed by atoms with van der Waals surface area (Å²) in [4.78, 5) is 22.8.